The predicted molar refractivity (Wildman–Crippen MR) is 92.1 cm³/mol. The van der Waals surface area contributed by atoms with E-state index in [9.17, 15) is 4.39 Å². The van der Waals surface area contributed by atoms with Gasteiger partial charge < -0.3 is 10.3 Å². The number of rotatable bonds is 3. The van der Waals surface area contributed by atoms with Crippen LogP contribution in [0.25, 0.3) is 22.6 Å². The van der Waals surface area contributed by atoms with Gasteiger partial charge in [-0.1, -0.05) is 17.7 Å². The zero-order valence-electron chi connectivity index (χ0n) is 13.0. The van der Waals surface area contributed by atoms with E-state index in [1.807, 2.05) is 6.92 Å². The maximum Gasteiger partial charge on any atom is 0.183 e. The van der Waals surface area contributed by atoms with E-state index in [2.05, 4.69) is 35.2 Å². The minimum atomic E-state index is -0.474. The molecule has 0 spiro atoms. The first kappa shape index (κ1) is 15.4. The topological polar surface area (TPSA) is 92.3 Å². The highest BCUT2D eigenvalue weighted by Gasteiger charge is 2.16. The van der Waals surface area contributed by atoms with Crippen LogP contribution in [0.4, 0.5) is 16.0 Å². The van der Waals surface area contributed by atoms with Crippen LogP contribution in [0.15, 0.2) is 36.9 Å². The third-order valence-electron chi connectivity index (χ3n) is 3.52. The second-order valence-electron chi connectivity index (χ2n) is 5.27. The molecule has 0 amide bonds. The Bertz CT molecular complexity index is 1040. The van der Waals surface area contributed by atoms with Gasteiger partial charge in [-0.2, -0.15) is 0 Å². The van der Waals surface area contributed by atoms with Crippen molar-refractivity contribution in [1.29, 1.82) is 0 Å². The van der Waals surface area contributed by atoms with Crippen LogP contribution in [0.1, 0.15) is 5.69 Å². The molecule has 25 heavy (non-hydrogen) atoms. The smallest absolute Gasteiger partial charge is 0.183 e. The first-order chi connectivity index (χ1) is 12.1. The summed E-state index contributed by atoms with van der Waals surface area (Å²) in [6.45, 7) is 1.85. The summed E-state index contributed by atoms with van der Waals surface area (Å²) in [7, 11) is 0. The van der Waals surface area contributed by atoms with Gasteiger partial charge in [0.1, 0.15) is 29.3 Å². The Kier molecular flexibility index (Phi) is 3.73. The van der Waals surface area contributed by atoms with Crippen LogP contribution < -0.4 is 5.32 Å². The fourth-order valence-electron chi connectivity index (χ4n) is 2.34. The number of nitrogens with one attached hydrogen (secondary N) is 2. The van der Waals surface area contributed by atoms with Gasteiger partial charge in [-0.3, -0.25) is 4.98 Å². The van der Waals surface area contributed by atoms with Crippen molar-refractivity contribution in [3.8, 4) is 11.4 Å². The number of aryl methyl sites for hydroxylation is 1. The molecule has 0 fully saturated rings. The van der Waals surface area contributed by atoms with Crippen molar-refractivity contribution in [2.45, 2.75) is 6.92 Å². The minimum absolute atomic E-state index is 0.184. The Morgan fingerprint density at radius 2 is 2.00 bits per heavy atom. The normalized spacial score (nSPS) is 11.0. The van der Waals surface area contributed by atoms with Gasteiger partial charge in [-0.15, -0.1) is 0 Å². The van der Waals surface area contributed by atoms with Crippen LogP contribution in [0.5, 0.6) is 0 Å². The summed E-state index contributed by atoms with van der Waals surface area (Å²) in [5, 5.41) is 3.30. The van der Waals surface area contributed by atoms with E-state index in [-0.39, 0.29) is 16.4 Å². The lowest BCUT2D eigenvalue weighted by molar-refractivity contribution is 0.630. The first-order valence-corrected chi connectivity index (χ1v) is 7.70. The summed E-state index contributed by atoms with van der Waals surface area (Å²) in [6, 6.07) is 4.45. The first-order valence-electron chi connectivity index (χ1n) is 7.32. The minimum Gasteiger partial charge on any atom is -0.333 e. The molecule has 0 saturated heterocycles. The second-order valence-corrected chi connectivity index (χ2v) is 5.68. The number of nitrogens with zero attached hydrogens (tertiary/aromatic N) is 5. The lowest BCUT2D eigenvalue weighted by Crippen LogP contribution is -1.98. The van der Waals surface area contributed by atoms with Crippen LogP contribution >= 0.6 is 11.6 Å². The van der Waals surface area contributed by atoms with E-state index in [0.29, 0.717) is 22.8 Å². The quantitative estimate of drug-likeness (QED) is 0.582. The number of benzene rings is 1. The van der Waals surface area contributed by atoms with Gasteiger partial charge in [0.25, 0.3) is 0 Å². The van der Waals surface area contributed by atoms with Crippen molar-refractivity contribution >= 4 is 34.4 Å². The summed E-state index contributed by atoms with van der Waals surface area (Å²) in [5.74, 6) is 0.773. The van der Waals surface area contributed by atoms with Gasteiger partial charge >= 0.3 is 0 Å². The summed E-state index contributed by atoms with van der Waals surface area (Å²) < 4.78 is 14.1. The van der Waals surface area contributed by atoms with E-state index in [0.717, 1.165) is 5.69 Å². The Hall–Kier alpha value is -3.13. The number of aromatic amines is 1. The van der Waals surface area contributed by atoms with E-state index in [1.165, 1.54) is 18.5 Å². The zero-order valence-corrected chi connectivity index (χ0v) is 13.7. The number of imidazole rings is 1. The molecule has 1 aromatic carbocycles. The number of H-pyrrole nitrogens is 1. The van der Waals surface area contributed by atoms with Crippen LogP contribution in [0.3, 0.4) is 0 Å². The van der Waals surface area contributed by atoms with Crippen LogP contribution in [0.2, 0.25) is 5.02 Å². The Balaban J connectivity index is 1.80. The van der Waals surface area contributed by atoms with E-state index in [4.69, 9.17) is 11.6 Å². The number of hydrogen-bond acceptors (Lipinski definition) is 6. The lowest BCUT2D eigenvalue weighted by atomic mass is 10.2. The molecule has 0 atom stereocenters. The fraction of sp³-hybridized carbons (Fsp3) is 0.0625. The van der Waals surface area contributed by atoms with Crippen molar-refractivity contribution in [3.63, 3.8) is 0 Å². The summed E-state index contributed by atoms with van der Waals surface area (Å²) in [5.41, 5.74) is 1.88. The molecule has 9 heteroatoms. The molecule has 0 aliphatic rings. The Morgan fingerprint density at radius 1 is 1.12 bits per heavy atom. The van der Waals surface area contributed by atoms with Gasteiger partial charge in [0.05, 0.1) is 28.7 Å². The second kappa shape index (κ2) is 6.06. The largest absolute Gasteiger partial charge is 0.333 e. The van der Waals surface area contributed by atoms with Crippen LogP contribution in [-0.4, -0.2) is 29.9 Å². The van der Waals surface area contributed by atoms with Crippen molar-refractivity contribution in [2.24, 2.45) is 0 Å². The molecule has 4 aromatic rings. The van der Waals surface area contributed by atoms with Crippen molar-refractivity contribution < 1.29 is 4.39 Å². The number of fused-ring (bicyclic) bond motifs is 1. The molecule has 4 rings (SSSR count). The average molecular weight is 356 g/mol. The summed E-state index contributed by atoms with van der Waals surface area (Å²) in [4.78, 5) is 24.0. The predicted octanol–water partition coefficient (Wildman–Crippen LogP) is 3.65. The van der Waals surface area contributed by atoms with Gasteiger partial charge in [0.2, 0.25) is 0 Å². The number of hydrogen-bond donors (Lipinski definition) is 2. The standard InChI is InChI=1S/C16H11ClFN7/c1-8-5-20-11(6-19-8)23-15-13-16(22-7-21-15)25-14(24-13)12-9(17)3-2-4-10(12)18/h2-7H,1H3,(H2,20,21,22,23,24,25). The Morgan fingerprint density at radius 3 is 2.76 bits per heavy atom. The molecule has 0 radical (unpaired) electrons. The molecule has 0 unspecified atom stereocenters. The lowest BCUT2D eigenvalue weighted by Gasteiger charge is -2.04. The molecule has 3 aromatic heterocycles. The molecule has 2 N–H and O–H groups in total. The highest BCUT2D eigenvalue weighted by Crippen LogP contribution is 2.31. The molecule has 0 saturated carbocycles. The van der Waals surface area contributed by atoms with Crippen molar-refractivity contribution in [2.75, 3.05) is 5.32 Å². The van der Waals surface area contributed by atoms with E-state index in [1.54, 1.807) is 18.5 Å². The maximum absolute atomic E-state index is 14.1. The van der Waals surface area contributed by atoms with Gasteiger partial charge in [-0.05, 0) is 19.1 Å². The summed E-state index contributed by atoms with van der Waals surface area (Å²) in [6.07, 6.45) is 4.59. The SMILES string of the molecule is Cc1cnc(Nc2ncnc3nc(-c4c(F)cccc4Cl)[nH]c23)cn1. The van der Waals surface area contributed by atoms with Gasteiger partial charge in [0.15, 0.2) is 11.5 Å². The van der Waals surface area contributed by atoms with E-state index >= 15 is 0 Å². The highest BCUT2D eigenvalue weighted by atomic mass is 35.5. The van der Waals surface area contributed by atoms with Crippen molar-refractivity contribution in [1.82, 2.24) is 29.9 Å². The maximum atomic E-state index is 14.1. The van der Waals surface area contributed by atoms with Crippen molar-refractivity contribution in [3.05, 3.63) is 53.5 Å². The zero-order chi connectivity index (χ0) is 17.4. The fourth-order valence-corrected chi connectivity index (χ4v) is 2.60. The molecule has 0 aliphatic carbocycles. The molecule has 7 nitrogen and oxygen atoms in total. The molecule has 0 bridgehead atoms. The van der Waals surface area contributed by atoms with E-state index < -0.39 is 5.82 Å². The summed E-state index contributed by atoms with van der Waals surface area (Å²) >= 11 is 6.11. The number of anilines is 2. The molecule has 124 valence electrons. The van der Waals surface area contributed by atoms with Gasteiger partial charge in [0, 0.05) is 0 Å². The third-order valence-corrected chi connectivity index (χ3v) is 3.83. The average Bonchev–Trinajstić information content (AvgIpc) is 3.01. The third kappa shape index (κ3) is 2.87. The molecular weight excluding hydrogens is 345 g/mol. The molecular formula is C16H11ClFN7. The highest BCUT2D eigenvalue weighted by molar-refractivity contribution is 6.33. The number of aromatic nitrogens is 6. The monoisotopic (exact) mass is 355 g/mol. The molecule has 0 aliphatic heterocycles. The van der Waals surface area contributed by atoms with Crippen LogP contribution in [-0.2, 0) is 0 Å². The number of halogens is 2. The van der Waals surface area contributed by atoms with Crippen LogP contribution in [0, 0.1) is 12.7 Å². The molecule has 3 heterocycles. The van der Waals surface area contributed by atoms with Gasteiger partial charge in [-0.25, -0.2) is 24.3 Å². The Labute approximate surface area is 146 Å².